The van der Waals surface area contributed by atoms with Crippen LogP contribution < -0.4 is 16.4 Å². The molecule has 0 atom stereocenters. The van der Waals surface area contributed by atoms with Gasteiger partial charge in [-0.15, -0.1) is 5.10 Å². The van der Waals surface area contributed by atoms with Crippen molar-refractivity contribution in [3.05, 3.63) is 219 Å². The van der Waals surface area contributed by atoms with E-state index < -0.39 is 5.54 Å². The molecule has 8 rings (SSSR count). The summed E-state index contributed by atoms with van der Waals surface area (Å²) in [7, 11) is 0. The molecule has 0 amide bonds. The van der Waals surface area contributed by atoms with E-state index >= 15 is 0 Å². The molecule has 0 unspecified atom stereocenters. The Kier molecular flexibility index (Phi) is 9.52. The van der Waals surface area contributed by atoms with Crippen molar-refractivity contribution >= 4 is 11.6 Å². The monoisotopic (exact) mass is 704 g/mol. The number of hydrogen-bond donors (Lipinski definition) is 1. The number of aromatic nitrogens is 6. The number of rotatable bonds is 10. The van der Waals surface area contributed by atoms with Crippen molar-refractivity contribution in [1.82, 2.24) is 29.8 Å². The highest BCUT2D eigenvalue weighted by Gasteiger charge is 2.42. The maximum Gasteiger partial charge on any atom is 0.276 e. The predicted octanol–water partition coefficient (Wildman–Crippen LogP) is 7.79. The van der Waals surface area contributed by atoms with E-state index in [0.717, 1.165) is 62.0 Å². The van der Waals surface area contributed by atoms with E-state index in [-0.39, 0.29) is 5.56 Å². The molecule has 54 heavy (non-hydrogen) atoms. The zero-order valence-corrected chi connectivity index (χ0v) is 30.3. The number of tetrazole rings is 1. The number of imidazole rings is 1. The summed E-state index contributed by atoms with van der Waals surface area (Å²) < 4.78 is 3.82. The van der Waals surface area contributed by atoms with E-state index in [4.69, 9.17) is 10.3 Å². The van der Waals surface area contributed by atoms with Crippen molar-refractivity contribution in [3.8, 4) is 22.5 Å². The molecule has 0 spiro atoms. The second-order valence-corrected chi connectivity index (χ2v) is 13.3. The van der Waals surface area contributed by atoms with Crippen molar-refractivity contribution in [2.75, 3.05) is 0 Å². The number of nitrogens with one attached hydrogen (secondary N) is 1. The number of benzene rings is 6. The van der Waals surface area contributed by atoms with Crippen LogP contribution in [-0.2, 0) is 12.1 Å². The molecule has 6 aromatic carbocycles. The molecule has 0 radical (unpaired) electrons. The molecule has 0 saturated heterocycles. The summed E-state index contributed by atoms with van der Waals surface area (Å²) in [5, 5.41) is 14.5. The topological polar surface area (TPSA) is 81.4 Å². The summed E-state index contributed by atoms with van der Waals surface area (Å²) in [5.74, 6) is 0.617. The first-order valence-electron chi connectivity index (χ1n) is 18.3. The second kappa shape index (κ2) is 15.0. The molecule has 0 aliphatic rings. The van der Waals surface area contributed by atoms with Crippen LogP contribution in [0.5, 0.6) is 0 Å². The lowest BCUT2D eigenvalue weighted by Gasteiger charge is -2.36. The fourth-order valence-electron chi connectivity index (χ4n) is 7.58. The smallest absolute Gasteiger partial charge is 0.276 e. The van der Waals surface area contributed by atoms with Gasteiger partial charge in [-0.3, -0.25) is 9.36 Å². The number of hydrogen-bond acceptors (Lipinski definition) is 4. The highest BCUT2D eigenvalue weighted by atomic mass is 16.1. The molecular weight excluding hydrogens is 665 g/mol. The van der Waals surface area contributed by atoms with Crippen molar-refractivity contribution < 1.29 is 0 Å². The Bertz CT molecular complexity index is 2600. The average Bonchev–Trinajstić information content (AvgIpc) is 3.84. The van der Waals surface area contributed by atoms with Crippen molar-refractivity contribution in [3.63, 3.8) is 0 Å². The zero-order chi connectivity index (χ0) is 36.9. The molecule has 0 bridgehead atoms. The van der Waals surface area contributed by atoms with Gasteiger partial charge in [-0.25, -0.2) is 4.68 Å². The van der Waals surface area contributed by atoms with Crippen molar-refractivity contribution in [2.24, 2.45) is 0 Å². The van der Waals surface area contributed by atoms with Crippen LogP contribution in [0.3, 0.4) is 0 Å². The zero-order valence-electron chi connectivity index (χ0n) is 30.3. The molecule has 7 heteroatoms. The number of H-pyrrole nitrogens is 1. The first-order chi connectivity index (χ1) is 26.6. The van der Waals surface area contributed by atoms with Gasteiger partial charge in [0.1, 0.15) is 16.4 Å². The SMILES string of the molecule is CCC=c1[nH]c(=C(C)c2ccccc2)c(=O)n1Cc1ccccc1-c1ccccc1-c1nnnn1C(c1ccccc1)(c1ccccc1)c1ccccc1. The van der Waals surface area contributed by atoms with Crippen LogP contribution in [0.4, 0.5) is 0 Å². The summed E-state index contributed by atoms with van der Waals surface area (Å²) in [6.45, 7) is 4.45. The molecule has 8 aromatic rings. The molecule has 2 aromatic heterocycles. The fraction of sp³-hybridized carbons (Fsp3) is 0.106. The second-order valence-electron chi connectivity index (χ2n) is 13.3. The molecule has 7 nitrogen and oxygen atoms in total. The fourth-order valence-corrected chi connectivity index (χ4v) is 7.58. The highest BCUT2D eigenvalue weighted by Crippen LogP contribution is 2.43. The van der Waals surface area contributed by atoms with Gasteiger partial charge in [0, 0.05) is 5.56 Å². The van der Waals surface area contributed by atoms with Gasteiger partial charge in [0.25, 0.3) is 5.56 Å². The molecule has 0 aliphatic heterocycles. The quantitative estimate of drug-likeness (QED) is 0.148. The third-order valence-electron chi connectivity index (χ3n) is 10.1. The third-order valence-corrected chi connectivity index (χ3v) is 10.1. The Morgan fingerprint density at radius 2 is 1.15 bits per heavy atom. The number of nitrogens with zero attached hydrogens (tertiary/aromatic N) is 5. The molecule has 0 aliphatic carbocycles. The predicted molar refractivity (Wildman–Crippen MR) is 216 cm³/mol. The van der Waals surface area contributed by atoms with Gasteiger partial charge >= 0.3 is 0 Å². The van der Waals surface area contributed by atoms with Crippen LogP contribution in [0.2, 0.25) is 0 Å². The van der Waals surface area contributed by atoms with E-state index in [1.165, 1.54) is 0 Å². The van der Waals surface area contributed by atoms with E-state index in [9.17, 15) is 4.79 Å². The van der Waals surface area contributed by atoms with E-state index in [2.05, 4.69) is 120 Å². The third kappa shape index (κ3) is 6.09. The Morgan fingerprint density at radius 1 is 0.648 bits per heavy atom. The molecule has 2 heterocycles. The summed E-state index contributed by atoms with van der Waals surface area (Å²) in [5.41, 5.74) is 8.67. The van der Waals surface area contributed by atoms with E-state index in [1.807, 2.05) is 89.0 Å². The van der Waals surface area contributed by atoms with E-state index in [1.54, 1.807) is 0 Å². The minimum atomic E-state index is -0.901. The van der Waals surface area contributed by atoms with Gasteiger partial charge in [0.15, 0.2) is 5.82 Å². The summed E-state index contributed by atoms with van der Waals surface area (Å²) in [6, 6.07) is 57.8. The first kappa shape index (κ1) is 34.2. The van der Waals surface area contributed by atoms with Crippen molar-refractivity contribution in [1.29, 1.82) is 0 Å². The van der Waals surface area contributed by atoms with Gasteiger partial charge in [-0.2, -0.15) is 0 Å². The summed E-state index contributed by atoms with van der Waals surface area (Å²) in [6.07, 6.45) is 2.85. The number of aromatic amines is 1. The standard InChI is InChI=1S/C47H40N6O/c1-3-20-43-48-44(34(2)35-21-8-4-9-22-35)46(54)52(43)33-36-23-16-17-30-40(36)41-31-18-19-32-42(41)45-49-50-51-53(45)47(37-24-10-5-11-25-37,38-26-12-6-13-27-38)39-28-14-7-15-29-39/h4-32,48H,3,33H2,1-2H3. The van der Waals surface area contributed by atoms with Crippen LogP contribution in [0.1, 0.15) is 48.1 Å². The average molecular weight is 705 g/mol. The summed E-state index contributed by atoms with van der Waals surface area (Å²) in [4.78, 5) is 17.7. The van der Waals surface area contributed by atoms with Gasteiger partial charge in [-0.1, -0.05) is 177 Å². The summed E-state index contributed by atoms with van der Waals surface area (Å²) >= 11 is 0. The molecule has 1 N–H and O–H groups in total. The molecule has 0 fully saturated rings. The Balaban J connectivity index is 1.32. The molecular formula is C47H40N6O. The highest BCUT2D eigenvalue weighted by molar-refractivity contribution is 5.82. The molecule has 264 valence electrons. The first-order valence-corrected chi connectivity index (χ1v) is 18.3. The maximum atomic E-state index is 14.2. The normalized spacial score (nSPS) is 12.5. The van der Waals surface area contributed by atoms with Gasteiger partial charge in [0.2, 0.25) is 0 Å². The van der Waals surface area contributed by atoms with Crippen LogP contribution in [0.15, 0.2) is 175 Å². The minimum Gasteiger partial charge on any atom is -0.337 e. The van der Waals surface area contributed by atoms with Crippen molar-refractivity contribution in [2.45, 2.75) is 32.4 Å². The Hall–Kier alpha value is -6.86. The van der Waals surface area contributed by atoms with Crippen LogP contribution in [0, 0.1) is 0 Å². The Morgan fingerprint density at radius 3 is 1.72 bits per heavy atom. The van der Waals surface area contributed by atoms with E-state index in [0.29, 0.717) is 17.7 Å². The lowest BCUT2D eigenvalue weighted by Crippen LogP contribution is -2.39. The van der Waals surface area contributed by atoms with Crippen LogP contribution >= 0.6 is 0 Å². The van der Waals surface area contributed by atoms with Crippen LogP contribution in [-0.4, -0.2) is 29.8 Å². The molecule has 0 saturated carbocycles. The maximum absolute atomic E-state index is 14.2. The minimum absolute atomic E-state index is 0.0542. The lowest BCUT2D eigenvalue weighted by molar-refractivity contribution is 0.451. The lowest BCUT2D eigenvalue weighted by atomic mass is 9.77. The van der Waals surface area contributed by atoms with Gasteiger partial charge < -0.3 is 4.98 Å². The van der Waals surface area contributed by atoms with Crippen LogP contribution in [0.25, 0.3) is 34.2 Å². The Labute approximate surface area is 314 Å². The van der Waals surface area contributed by atoms with Gasteiger partial charge in [0.05, 0.1) is 6.54 Å². The largest absolute Gasteiger partial charge is 0.337 e. The van der Waals surface area contributed by atoms with Gasteiger partial charge in [-0.05, 0) is 74.4 Å².